The first-order valence-corrected chi connectivity index (χ1v) is 4.89. The Labute approximate surface area is 87.7 Å². The van der Waals surface area contributed by atoms with Crippen LogP contribution in [0.4, 0.5) is 0 Å². The molecule has 3 nitrogen and oxygen atoms in total. The van der Waals surface area contributed by atoms with Crippen molar-refractivity contribution >= 4 is 17.6 Å². The maximum absolute atomic E-state index is 11.0. The number of aromatic nitrogens is 1. The van der Waals surface area contributed by atoms with Gasteiger partial charge in [-0.15, -0.1) is 0 Å². The number of hydrogen-bond donors (Lipinski definition) is 1. The third-order valence-corrected chi connectivity index (χ3v) is 2.27. The van der Waals surface area contributed by atoms with E-state index in [1.165, 1.54) is 0 Å². The molecule has 0 saturated carbocycles. The SMILES string of the molecule is CCc1cc(Cl)nc(CC)c1C(=O)O. The van der Waals surface area contributed by atoms with Gasteiger partial charge in [0.2, 0.25) is 0 Å². The number of halogens is 1. The molecule has 14 heavy (non-hydrogen) atoms. The van der Waals surface area contributed by atoms with Crippen LogP contribution in [0.2, 0.25) is 5.15 Å². The van der Waals surface area contributed by atoms with Gasteiger partial charge in [-0.05, 0) is 24.5 Å². The van der Waals surface area contributed by atoms with Crippen LogP contribution in [-0.4, -0.2) is 16.1 Å². The van der Waals surface area contributed by atoms with Crippen LogP contribution in [0.15, 0.2) is 6.07 Å². The van der Waals surface area contributed by atoms with Crippen molar-refractivity contribution < 1.29 is 9.90 Å². The van der Waals surface area contributed by atoms with Crippen molar-refractivity contribution in [2.45, 2.75) is 26.7 Å². The molecule has 0 aromatic carbocycles. The van der Waals surface area contributed by atoms with Gasteiger partial charge in [-0.25, -0.2) is 9.78 Å². The highest BCUT2D eigenvalue weighted by Gasteiger charge is 2.15. The Morgan fingerprint density at radius 3 is 2.57 bits per heavy atom. The van der Waals surface area contributed by atoms with Crippen molar-refractivity contribution in [1.82, 2.24) is 4.98 Å². The van der Waals surface area contributed by atoms with E-state index >= 15 is 0 Å². The van der Waals surface area contributed by atoms with Crippen molar-refractivity contribution in [3.05, 3.63) is 28.0 Å². The van der Waals surface area contributed by atoms with E-state index in [4.69, 9.17) is 16.7 Å². The number of hydrogen-bond acceptors (Lipinski definition) is 2. The molecule has 1 rings (SSSR count). The van der Waals surface area contributed by atoms with E-state index in [0.29, 0.717) is 29.3 Å². The summed E-state index contributed by atoms with van der Waals surface area (Å²) in [6, 6.07) is 1.62. The lowest BCUT2D eigenvalue weighted by molar-refractivity contribution is 0.0694. The van der Waals surface area contributed by atoms with E-state index in [0.717, 1.165) is 5.56 Å². The summed E-state index contributed by atoms with van der Waals surface area (Å²) in [6.45, 7) is 3.77. The first-order valence-electron chi connectivity index (χ1n) is 4.51. The van der Waals surface area contributed by atoms with Crippen LogP contribution in [0.3, 0.4) is 0 Å². The number of aryl methyl sites for hydroxylation is 2. The largest absolute Gasteiger partial charge is 0.478 e. The molecule has 1 aromatic rings. The zero-order valence-corrected chi connectivity index (χ0v) is 8.93. The van der Waals surface area contributed by atoms with Crippen LogP contribution in [-0.2, 0) is 12.8 Å². The Bertz CT molecular complexity index is 338. The van der Waals surface area contributed by atoms with Crippen molar-refractivity contribution in [1.29, 1.82) is 0 Å². The highest BCUT2D eigenvalue weighted by Crippen LogP contribution is 2.19. The molecule has 0 amide bonds. The molecule has 0 bridgehead atoms. The van der Waals surface area contributed by atoms with E-state index in [9.17, 15) is 4.79 Å². The Morgan fingerprint density at radius 1 is 1.50 bits per heavy atom. The molecule has 1 N–H and O–H groups in total. The number of carbonyl (C=O) groups is 1. The molecule has 0 atom stereocenters. The standard InChI is InChI=1S/C10H12ClNO2/c1-3-6-5-8(11)12-7(4-2)9(6)10(13)14/h5H,3-4H2,1-2H3,(H,13,14). The molecule has 0 aliphatic carbocycles. The maximum Gasteiger partial charge on any atom is 0.337 e. The summed E-state index contributed by atoms with van der Waals surface area (Å²) in [5, 5.41) is 9.38. The molecule has 0 fully saturated rings. The lowest BCUT2D eigenvalue weighted by Crippen LogP contribution is -2.08. The van der Waals surface area contributed by atoms with E-state index in [1.807, 2.05) is 13.8 Å². The second kappa shape index (κ2) is 4.42. The van der Waals surface area contributed by atoms with E-state index in [-0.39, 0.29) is 0 Å². The van der Waals surface area contributed by atoms with Crippen molar-refractivity contribution in [3.8, 4) is 0 Å². The smallest absolute Gasteiger partial charge is 0.337 e. The summed E-state index contributed by atoms with van der Waals surface area (Å²) in [5.41, 5.74) is 1.61. The third kappa shape index (κ3) is 2.04. The first kappa shape index (κ1) is 11.0. The van der Waals surface area contributed by atoms with Gasteiger partial charge in [0.1, 0.15) is 5.15 Å². The Morgan fingerprint density at radius 2 is 2.14 bits per heavy atom. The molecule has 0 radical (unpaired) electrons. The van der Waals surface area contributed by atoms with Gasteiger partial charge in [0.05, 0.1) is 11.3 Å². The number of nitrogens with zero attached hydrogens (tertiary/aromatic N) is 1. The monoisotopic (exact) mass is 213 g/mol. The molecule has 0 saturated heterocycles. The fourth-order valence-electron chi connectivity index (χ4n) is 1.41. The van der Waals surface area contributed by atoms with E-state index in [2.05, 4.69) is 4.98 Å². The average Bonchev–Trinajstić information content (AvgIpc) is 2.15. The minimum absolute atomic E-state index is 0.305. The zero-order chi connectivity index (χ0) is 10.7. The molecule has 0 spiro atoms. The lowest BCUT2D eigenvalue weighted by atomic mass is 10.0. The van der Waals surface area contributed by atoms with Crippen molar-refractivity contribution in [2.24, 2.45) is 0 Å². The summed E-state index contributed by atoms with van der Waals surface area (Å²) in [6.07, 6.45) is 1.23. The predicted octanol–water partition coefficient (Wildman–Crippen LogP) is 2.56. The van der Waals surface area contributed by atoms with E-state index < -0.39 is 5.97 Å². The fourth-order valence-corrected chi connectivity index (χ4v) is 1.65. The van der Waals surface area contributed by atoms with Gasteiger partial charge >= 0.3 is 5.97 Å². The summed E-state index contributed by atoms with van der Waals surface area (Å²) >= 11 is 5.78. The number of carboxylic acids is 1. The number of carboxylic acid groups (broad SMARTS) is 1. The average molecular weight is 214 g/mol. The lowest BCUT2D eigenvalue weighted by Gasteiger charge is -2.08. The van der Waals surface area contributed by atoms with Crippen molar-refractivity contribution in [3.63, 3.8) is 0 Å². The van der Waals surface area contributed by atoms with Crippen LogP contribution in [0, 0.1) is 0 Å². The van der Waals surface area contributed by atoms with Gasteiger partial charge in [-0.1, -0.05) is 25.4 Å². The normalized spacial score (nSPS) is 10.2. The molecule has 0 unspecified atom stereocenters. The Kier molecular flexibility index (Phi) is 3.47. The van der Waals surface area contributed by atoms with Crippen LogP contribution in [0.25, 0.3) is 0 Å². The van der Waals surface area contributed by atoms with Crippen LogP contribution in [0.1, 0.15) is 35.5 Å². The molecule has 76 valence electrons. The van der Waals surface area contributed by atoms with Gasteiger partial charge in [-0.3, -0.25) is 0 Å². The minimum atomic E-state index is -0.928. The van der Waals surface area contributed by atoms with Crippen molar-refractivity contribution in [2.75, 3.05) is 0 Å². The van der Waals surface area contributed by atoms with Crippen LogP contribution in [0.5, 0.6) is 0 Å². The predicted molar refractivity (Wildman–Crippen MR) is 55.0 cm³/mol. The highest BCUT2D eigenvalue weighted by atomic mass is 35.5. The molecule has 1 aromatic heterocycles. The highest BCUT2D eigenvalue weighted by molar-refractivity contribution is 6.29. The van der Waals surface area contributed by atoms with Gasteiger partial charge in [0.15, 0.2) is 0 Å². The number of rotatable bonds is 3. The zero-order valence-electron chi connectivity index (χ0n) is 8.17. The van der Waals surface area contributed by atoms with Gasteiger partial charge in [-0.2, -0.15) is 0 Å². The first-order chi connectivity index (χ1) is 6.60. The van der Waals surface area contributed by atoms with Gasteiger partial charge < -0.3 is 5.11 Å². The third-order valence-electron chi connectivity index (χ3n) is 2.07. The van der Waals surface area contributed by atoms with E-state index in [1.54, 1.807) is 6.07 Å². The quantitative estimate of drug-likeness (QED) is 0.786. The number of pyridine rings is 1. The van der Waals surface area contributed by atoms with Gasteiger partial charge in [0.25, 0.3) is 0 Å². The second-order valence-electron chi connectivity index (χ2n) is 2.94. The molecular weight excluding hydrogens is 202 g/mol. The molecule has 1 heterocycles. The molecule has 0 aliphatic rings. The summed E-state index contributed by atoms with van der Waals surface area (Å²) in [7, 11) is 0. The topological polar surface area (TPSA) is 50.2 Å². The van der Waals surface area contributed by atoms with Gasteiger partial charge in [0, 0.05) is 0 Å². The molecule has 0 aliphatic heterocycles. The second-order valence-corrected chi connectivity index (χ2v) is 3.33. The molecular formula is C10H12ClNO2. The summed E-state index contributed by atoms with van der Waals surface area (Å²) in [4.78, 5) is 15.0. The van der Waals surface area contributed by atoms with Crippen LogP contribution >= 0.6 is 11.6 Å². The van der Waals surface area contributed by atoms with Crippen LogP contribution < -0.4 is 0 Å². The summed E-state index contributed by atoms with van der Waals surface area (Å²) < 4.78 is 0. The minimum Gasteiger partial charge on any atom is -0.478 e. The summed E-state index contributed by atoms with van der Waals surface area (Å²) in [5.74, 6) is -0.928. The fraction of sp³-hybridized carbons (Fsp3) is 0.400. The molecule has 4 heteroatoms. The number of aromatic carboxylic acids is 1. The Hall–Kier alpha value is -1.09. The maximum atomic E-state index is 11.0. The Balaban J connectivity index is 3.40.